The summed E-state index contributed by atoms with van der Waals surface area (Å²) >= 11 is 0. The lowest BCUT2D eigenvalue weighted by Crippen LogP contribution is -2.35. The van der Waals surface area contributed by atoms with E-state index in [9.17, 15) is 24.5 Å². The molecular formula is C25H23FN6O9. The molecule has 0 bridgehead atoms. The molecule has 4 heterocycles. The summed E-state index contributed by atoms with van der Waals surface area (Å²) in [5.41, 5.74) is 0.498. The maximum Gasteiger partial charge on any atom is 0.414 e. The molecule has 2 aliphatic heterocycles. The largest absolute Gasteiger partial charge is 0.468 e. The smallest absolute Gasteiger partial charge is 0.414 e. The SMILES string of the molecule is COC(=O)c1cc(-c2ccc(N3CC(CNC(C)=O)OC3=O)cc2F)cnc1O[C@@H]1COc2nc([N+](=O)[O-])cn2C1. The Bertz CT molecular complexity index is 1540. The van der Waals surface area contributed by atoms with E-state index < -0.39 is 35.0 Å². The highest BCUT2D eigenvalue weighted by atomic mass is 19.1. The quantitative estimate of drug-likeness (QED) is 0.238. The number of carbonyl (C=O) groups is 3. The van der Waals surface area contributed by atoms with Crippen LogP contribution in [-0.4, -0.2) is 76.4 Å². The van der Waals surface area contributed by atoms with E-state index in [2.05, 4.69) is 15.3 Å². The predicted octanol–water partition coefficient (Wildman–Crippen LogP) is 2.08. The molecule has 1 aromatic carbocycles. The molecule has 2 amide bonds. The Balaban J connectivity index is 1.35. The number of imidazole rings is 1. The van der Waals surface area contributed by atoms with Crippen molar-refractivity contribution in [2.75, 3.05) is 31.7 Å². The Morgan fingerprint density at radius 2 is 2.10 bits per heavy atom. The molecule has 16 heteroatoms. The first kappa shape index (κ1) is 27.3. The number of nitrogens with zero attached hydrogens (tertiary/aromatic N) is 5. The normalized spacial score (nSPS) is 17.7. The first-order valence-corrected chi connectivity index (χ1v) is 12.2. The number of carbonyl (C=O) groups excluding carboxylic acids is 3. The lowest BCUT2D eigenvalue weighted by molar-refractivity contribution is -0.389. The van der Waals surface area contributed by atoms with Crippen molar-refractivity contribution in [3.05, 3.63) is 58.2 Å². The number of pyridine rings is 1. The number of nitrogens with one attached hydrogen (secondary N) is 1. The van der Waals surface area contributed by atoms with E-state index in [0.29, 0.717) is 0 Å². The Labute approximate surface area is 230 Å². The molecule has 214 valence electrons. The van der Waals surface area contributed by atoms with Crippen LogP contribution in [0.15, 0.2) is 36.7 Å². The number of halogens is 1. The maximum absolute atomic E-state index is 15.3. The molecule has 1 fully saturated rings. The van der Waals surface area contributed by atoms with E-state index in [1.165, 1.54) is 54.1 Å². The van der Waals surface area contributed by atoms with Crippen molar-refractivity contribution in [3.8, 4) is 23.0 Å². The second kappa shape index (κ2) is 11.1. The number of aromatic nitrogens is 3. The van der Waals surface area contributed by atoms with Gasteiger partial charge in [0.15, 0.2) is 6.10 Å². The van der Waals surface area contributed by atoms with Gasteiger partial charge in [-0.1, -0.05) is 0 Å². The number of esters is 1. The number of amides is 2. The van der Waals surface area contributed by atoms with E-state index in [4.69, 9.17) is 18.9 Å². The minimum Gasteiger partial charge on any atom is -0.468 e. The lowest BCUT2D eigenvalue weighted by atomic mass is 10.0. The number of cyclic esters (lactones) is 1. The number of hydrogen-bond donors (Lipinski definition) is 1. The third kappa shape index (κ3) is 5.70. The van der Waals surface area contributed by atoms with Crippen LogP contribution in [0, 0.1) is 15.9 Å². The molecule has 0 spiro atoms. The number of fused-ring (bicyclic) bond motifs is 1. The number of hydrogen-bond acceptors (Lipinski definition) is 11. The van der Waals surface area contributed by atoms with Crippen LogP contribution in [0.4, 0.5) is 20.7 Å². The number of anilines is 1. The standard InChI is InChI=1S/C25H23FN6O9/c1-13(33)27-8-16-10-31(25(35)41-16)15-3-4-18(20(26)6-15)14-5-19(23(34)38-2)22(28-7-14)40-17-9-30-11-21(32(36)37)29-24(30)39-12-17/h3-7,11,16-17H,8-10,12H2,1-2H3,(H,27,33)/t16?,17-/m0/s1. The summed E-state index contributed by atoms with van der Waals surface area (Å²) in [5.74, 6) is -2.22. The van der Waals surface area contributed by atoms with Crippen molar-refractivity contribution < 1.29 is 42.6 Å². The van der Waals surface area contributed by atoms with Gasteiger partial charge in [-0.2, -0.15) is 0 Å². The zero-order valence-corrected chi connectivity index (χ0v) is 21.7. The van der Waals surface area contributed by atoms with Crippen LogP contribution in [0.1, 0.15) is 17.3 Å². The zero-order valence-electron chi connectivity index (χ0n) is 21.7. The minimum absolute atomic E-state index is 0.0150. The van der Waals surface area contributed by atoms with Crippen LogP contribution >= 0.6 is 0 Å². The topological polar surface area (TPSA) is 177 Å². The summed E-state index contributed by atoms with van der Waals surface area (Å²) in [7, 11) is 1.17. The summed E-state index contributed by atoms with van der Waals surface area (Å²) in [6.07, 6.45) is 0.583. The molecule has 5 rings (SSSR count). The molecule has 2 aromatic heterocycles. The second-order valence-corrected chi connectivity index (χ2v) is 9.13. The highest BCUT2D eigenvalue weighted by Gasteiger charge is 2.33. The van der Waals surface area contributed by atoms with Gasteiger partial charge in [0.1, 0.15) is 30.3 Å². The third-order valence-corrected chi connectivity index (χ3v) is 6.28. The van der Waals surface area contributed by atoms with E-state index in [1.807, 2.05) is 0 Å². The summed E-state index contributed by atoms with van der Waals surface area (Å²) in [6.45, 7) is 1.72. The minimum atomic E-state index is -0.785. The van der Waals surface area contributed by atoms with Gasteiger partial charge in [-0.15, -0.1) is 0 Å². The monoisotopic (exact) mass is 570 g/mol. The van der Waals surface area contributed by atoms with Crippen LogP contribution in [0.3, 0.4) is 0 Å². The third-order valence-electron chi connectivity index (χ3n) is 6.28. The number of ether oxygens (including phenoxy) is 4. The molecule has 0 aliphatic carbocycles. The predicted molar refractivity (Wildman–Crippen MR) is 136 cm³/mol. The van der Waals surface area contributed by atoms with Crippen LogP contribution < -0.4 is 19.7 Å². The average molecular weight is 570 g/mol. The summed E-state index contributed by atoms with van der Waals surface area (Å²) in [5, 5.41) is 13.6. The zero-order chi connectivity index (χ0) is 29.3. The van der Waals surface area contributed by atoms with Crippen LogP contribution in [0.2, 0.25) is 0 Å². The van der Waals surface area contributed by atoms with Gasteiger partial charge in [-0.05, 0) is 29.2 Å². The highest BCUT2D eigenvalue weighted by molar-refractivity contribution is 5.94. The summed E-state index contributed by atoms with van der Waals surface area (Å²) in [4.78, 5) is 55.6. The molecule has 0 radical (unpaired) electrons. The fourth-order valence-corrected chi connectivity index (χ4v) is 4.34. The van der Waals surface area contributed by atoms with Crippen LogP contribution in [0.5, 0.6) is 11.9 Å². The Morgan fingerprint density at radius 3 is 2.80 bits per heavy atom. The fraction of sp³-hybridized carbons (Fsp3) is 0.320. The van der Waals surface area contributed by atoms with Crippen molar-refractivity contribution in [2.24, 2.45) is 0 Å². The van der Waals surface area contributed by atoms with Crippen molar-refractivity contribution in [1.29, 1.82) is 0 Å². The Hall–Kier alpha value is -5.28. The summed E-state index contributed by atoms with van der Waals surface area (Å²) in [6, 6.07) is 5.53. The average Bonchev–Trinajstić information content (AvgIpc) is 3.55. The first-order valence-electron chi connectivity index (χ1n) is 12.2. The molecule has 15 nitrogen and oxygen atoms in total. The number of methoxy groups -OCH3 is 1. The van der Waals surface area contributed by atoms with Crippen LogP contribution in [-0.2, 0) is 20.8 Å². The molecule has 1 saturated heterocycles. The van der Waals surface area contributed by atoms with Gasteiger partial charge >= 0.3 is 23.9 Å². The van der Waals surface area contributed by atoms with Crippen molar-refractivity contribution in [2.45, 2.75) is 25.7 Å². The number of benzene rings is 1. The van der Waals surface area contributed by atoms with Gasteiger partial charge in [-0.25, -0.2) is 19.0 Å². The summed E-state index contributed by atoms with van der Waals surface area (Å²) < 4.78 is 38.1. The van der Waals surface area contributed by atoms with E-state index in [-0.39, 0.29) is 72.2 Å². The Kier molecular flexibility index (Phi) is 7.37. The molecule has 0 saturated carbocycles. The first-order chi connectivity index (χ1) is 19.6. The molecule has 2 atom stereocenters. The fourth-order valence-electron chi connectivity index (χ4n) is 4.34. The Morgan fingerprint density at radius 1 is 1.29 bits per heavy atom. The molecular weight excluding hydrogens is 547 g/mol. The van der Waals surface area contributed by atoms with Crippen molar-refractivity contribution in [1.82, 2.24) is 19.9 Å². The highest BCUT2D eigenvalue weighted by Crippen LogP contribution is 2.32. The van der Waals surface area contributed by atoms with Gasteiger partial charge in [0.2, 0.25) is 11.8 Å². The van der Waals surface area contributed by atoms with Crippen LogP contribution in [0.25, 0.3) is 11.1 Å². The molecule has 1 unspecified atom stereocenters. The number of nitro groups is 1. The maximum atomic E-state index is 15.3. The second-order valence-electron chi connectivity index (χ2n) is 9.13. The van der Waals surface area contributed by atoms with Gasteiger partial charge in [0, 0.05) is 29.2 Å². The molecule has 41 heavy (non-hydrogen) atoms. The van der Waals surface area contributed by atoms with E-state index >= 15 is 4.39 Å². The number of rotatable bonds is 8. The van der Waals surface area contributed by atoms with Gasteiger partial charge in [-0.3, -0.25) is 14.3 Å². The van der Waals surface area contributed by atoms with Crippen molar-refractivity contribution in [3.63, 3.8) is 0 Å². The van der Waals surface area contributed by atoms with Gasteiger partial charge < -0.3 is 34.4 Å². The van der Waals surface area contributed by atoms with E-state index in [1.54, 1.807) is 0 Å². The van der Waals surface area contributed by atoms with E-state index in [0.717, 1.165) is 6.07 Å². The van der Waals surface area contributed by atoms with Crippen molar-refractivity contribution >= 4 is 29.5 Å². The molecule has 1 N–H and O–H groups in total. The molecule has 3 aromatic rings. The van der Waals surface area contributed by atoms with Gasteiger partial charge in [0.25, 0.3) is 0 Å². The lowest BCUT2D eigenvalue weighted by Gasteiger charge is -2.23. The molecule has 2 aliphatic rings. The van der Waals surface area contributed by atoms with Gasteiger partial charge in [0.05, 0.1) is 32.4 Å².